The Labute approximate surface area is 475 Å². The van der Waals surface area contributed by atoms with Crippen LogP contribution in [0.3, 0.4) is 0 Å². The van der Waals surface area contributed by atoms with E-state index < -0.39 is 0 Å². The summed E-state index contributed by atoms with van der Waals surface area (Å²) in [4.78, 5) is 8.57. The van der Waals surface area contributed by atoms with Crippen molar-refractivity contribution in [1.82, 2.24) is 25.4 Å². The van der Waals surface area contributed by atoms with Crippen LogP contribution in [0.25, 0.3) is 0 Å². The maximum absolute atomic E-state index is 5.70. The first-order chi connectivity index (χ1) is 34.3. The van der Waals surface area contributed by atoms with Gasteiger partial charge in [-0.05, 0) is 21.0 Å². The van der Waals surface area contributed by atoms with Crippen LogP contribution in [0.15, 0.2) is 70.5 Å². The Balaban J connectivity index is 0.000000468. The predicted octanol–water partition coefficient (Wildman–Crippen LogP) is 19.0. The lowest BCUT2D eigenvalue weighted by atomic mass is 9.80. The summed E-state index contributed by atoms with van der Waals surface area (Å²) in [5.74, 6) is 4.73. The van der Waals surface area contributed by atoms with Crippen molar-refractivity contribution in [2.75, 3.05) is 0 Å². The van der Waals surface area contributed by atoms with Gasteiger partial charge in [-0.2, -0.15) is 0 Å². The summed E-state index contributed by atoms with van der Waals surface area (Å²) >= 11 is 0. The summed E-state index contributed by atoms with van der Waals surface area (Å²) < 4.78 is 34.2. The molecule has 6 aromatic rings. The third kappa shape index (κ3) is 22.8. The Hall–Kier alpha value is -4.74. The van der Waals surface area contributed by atoms with Gasteiger partial charge in [-0.15, -0.1) is 0 Å². The van der Waals surface area contributed by atoms with E-state index in [0.29, 0.717) is 0 Å². The highest BCUT2D eigenvalue weighted by molar-refractivity contribution is 5.29. The molecule has 0 saturated carbocycles. The van der Waals surface area contributed by atoms with Gasteiger partial charge in [0.2, 0.25) is 11.7 Å². The minimum absolute atomic E-state index is 0.00347. The van der Waals surface area contributed by atoms with Gasteiger partial charge in [-0.1, -0.05) is 244 Å². The SMILES string of the molecule is CC(C)(C)c1cc(C(C)(C)C)on1.CC(C)(C)c1cnc(C(C)(C)C)o1.CC(C)(C)c1cnoc1C(C)(C)C.CC(C)(C)c1co[n+](C(C)(C)C)c1.CC(C)(C)c1conc1C(C)(C)C.CC(C)(C)c1ncoc1C(C)(C)C. The fraction of sp³-hybridized carbons (Fsp3) is 0.727. The minimum atomic E-state index is 0.00347. The lowest BCUT2D eigenvalue weighted by Crippen LogP contribution is -2.48. The van der Waals surface area contributed by atoms with Crippen LogP contribution in [0.5, 0.6) is 0 Å². The Bertz CT molecular complexity index is 2210. The van der Waals surface area contributed by atoms with Gasteiger partial charge in [0.15, 0.2) is 18.5 Å². The first-order valence-electron chi connectivity index (χ1n) is 28.1. The van der Waals surface area contributed by atoms with Gasteiger partial charge >= 0.3 is 0 Å². The van der Waals surface area contributed by atoms with Gasteiger partial charge in [0.25, 0.3) is 0 Å². The first-order valence-corrected chi connectivity index (χ1v) is 28.1. The Kier molecular flexibility index (Phi) is 22.8. The first kappa shape index (κ1) is 71.3. The normalized spacial score (nSPS) is 13.4. The second-order valence-corrected chi connectivity index (χ2v) is 33.3. The van der Waals surface area contributed by atoms with Crippen LogP contribution in [-0.4, -0.2) is 25.4 Å². The largest absolute Gasteiger partial charge is 0.448 e. The van der Waals surface area contributed by atoms with Gasteiger partial charge in [0, 0.05) is 81.3 Å². The third-order valence-corrected chi connectivity index (χ3v) is 12.1. The fourth-order valence-corrected chi connectivity index (χ4v) is 6.91. The second kappa shape index (κ2) is 25.0. The van der Waals surface area contributed by atoms with Crippen LogP contribution in [0.1, 0.15) is 312 Å². The molecule has 0 saturated heterocycles. The van der Waals surface area contributed by atoms with E-state index in [0.717, 1.165) is 46.0 Å². The molecule has 0 atom stereocenters. The molecule has 6 heterocycles. The molecule has 6 aromatic heterocycles. The zero-order chi connectivity index (χ0) is 61.7. The molecule has 6 rings (SSSR count). The summed E-state index contributed by atoms with van der Waals surface area (Å²) in [6.45, 7) is 77.2. The highest BCUT2D eigenvalue weighted by Gasteiger charge is 2.33. The summed E-state index contributed by atoms with van der Waals surface area (Å²) in [6, 6.07) is 2.06. The van der Waals surface area contributed by atoms with E-state index >= 15 is 0 Å². The van der Waals surface area contributed by atoms with E-state index in [1.165, 1.54) is 16.7 Å². The fourth-order valence-electron chi connectivity index (χ4n) is 6.91. The summed E-state index contributed by atoms with van der Waals surface area (Å²) in [6.07, 6.45) is 10.9. The van der Waals surface area contributed by atoms with Crippen LogP contribution in [0.2, 0.25) is 0 Å². The highest BCUT2D eigenvalue weighted by Crippen LogP contribution is 2.36. The van der Waals surface area contributed by atoms with Gasteiger partial charge in [0.1, 0.15) is 29.3 Å². The van der Waals surface area contributed by atoms with Crippen molar-refractivity contribution in [2.45, 2.75) is 314 Å². The third-order valence-electron chi connectivity index (χ3n) is 12.1. The number of oxazole rings is 2. The topological polar surface area (TPSA) is 147 Å². The van der Waals surface area contributed by atoms with E-state index in [2.05, 4.69) is 287 Å². The van der Waals surface area contributed by atoms with Crippen molar-refractivity contribution in [2.24, 2.45) is 0 Å². The van der Waals surface area contributed by atoms with Crippen LogP contribution in [0.4, 0.5) is 0 Å². The number of rotatable bonds is 0. The quantitative estimate of drug-likeness (QED) is 0.134. The predicted molar refractivity (Wildman–Crippen MR) is 322 cm³/mol. The molecule has 0 spiro atoms. The molecular formula is C66H115N6O6+. The van der Waals surface area contributed by atoms with Crippen molar-refractivity contribution in [3.8, 4) is 0 Å². The highest BCUT2D eigenvalue weighted by atomic mass is 16.5. The molecule has 0 aliphatic rings. The molecule has 0 fully saturated rings. The monoisotopic (exact) mass is 1090 g/mol. The molecule has 78 heavy (non-hydrogen) atoms. The van der Waals surface area contributed by atoms with Crippen LogP contribution < -0.4 is 4.74 Å². The minimum Gasteiger partial charge on any atom is -0.448 e. The number of hydrogen-bond acceptors (Lipinski definition) is 11. The zero-order valence-corrected chi connectivity index (χ0v) is 56.7. The van der Waals surface area contributed by atoms with Gasteiger partial charge in [-0.3, -0.25) is 0 Å². The maximum atomic E-state index is 5.70. The van der Waals surface area contributed by atoms with Crippen molar-refractivity contribution in [1.29, 1.82) is 0 Å². The molecule has 0 unspecified atom stereocenters. The molecular weight excluding hydrogens is 973 g/mol. The molecule has 0 bridgehead atoms. The molecule has 0 amide bonds. The molecule has 444 valence electrons. The summed E-state index contributed by atoms with van der Waals surface area (Å²) in [7, 11) is 0. The summed E-state index contributed by atoms with van der Waals surface area (Å²) in [5, 5.41) is 12.0. The standard InChI is InChI=1S/C11H19NO.C11H20NO.4C11H19NO/c1-10(2,3)8-9(11(4,5)6)13-7-12-8;1-10(2,3)9-7-12(13-8-9)11(4,5)6;1-10(2,3)8-7-12-9(13-8)11(4,5)6;1-10(2,3)8-7-13-12-9(8)11(4,5)6;1-10(2,3)8-7-12-13-9(8)11(4,5)6;1-10(2,3)8-7-9(13-12-8)11(4,5)6/h7H,1-6H3;7-8H,1-6H3;4*7H,1-6H3/q;+1;;;;. The van der Waals surface area contributed by atoms with Crippen molar-refractivity contribution < 1.29 is 31.7 Å². The molecule has 0 N–H and O–H groups in total. The average Bonchev–Trinajstić information content (AvgIpc) is 4.06. The lowest BCUT2D eigenvalue weighted by molar-refractivity contribution is -0.906. The zero-order valence-electron chi connectivity index (χ0n) is 56.7. The van der Waals surface area contributed by atoms with E-state index in [1.807, 2.05) is 23.4 Å². The van der Waals surface area contributed by atoms with Gasteiger partial charge in [-0.25, -0.2) is 14.5 Å². The van der Waals surface area contributed by atoms with Crippen molar-refractivity contribution >= 4 is 0 Å². The van der Waals surface area contributed by atoms with Crippen molar-refractivity contribution in [3.05, 3.63) is 106 Å². The van der Waals surface area contributed by atoms with E-state index in [-0.39, 0.29) is 65.1 Å². The molecule has 0 radical (unpaired) electrons. The molecule has 0 aromatic carbocycles. The average molecular weight is 1090 g/mol. The van der Waals surface area contributed by atoms with E-state index in [4.69, 9.17) is 26.9 Å². The Morgan fingerprint density at radius 3 is 1.15 bits per heavy atom. The maximum Gasteiger partial charge on any atom is 0.224 e. The summed E-state index contributed by atoms with van der Waals surface area (Å²) in [5.41, 5.74) is 7.64. The number of nitrogens with zero attached hydrogens (tertiary/aromatic N) is 6. The van der Waals surface area contributed by atoms with Crippen LogP contribution in [0, 0.1) is 0 Å². The Morgan fingerprint density at radius 1 is 0.397 bits per heavy atom. The van der Waals surface area contributed by atoms with Gasteiger partial charge in [0.05, 0.1) is 35.0 Å². The van der Waals surface area contributed by atoms with Crippen LogP contribution >= 0.6 is 0 Å². The second-order valence-electron chi connectivity index (χ2n) is 33.3. The van der Waals surface area contributed by atoms with Gasteiger partial charge < -0.3 is 22.4 Å². The number of aromatic nitrogens is 6. The van der Waals surface area contributed by atoms with E-state index in [1.54, 1.807) is 12.7 Å². The van der Waals surface area contributed by atoms with Crippen molar-refractivity contribution in [3.63, 3.8) is 0 Å². The van der Waals surface area contributed by atoms with Crippen LogP contribution in [-0.2, 0) is 65.1 Å². The smallest absolute Gasteiger partial charge is 0.224 e. The lowest BCUT2D eigenvalue weighted by Gasteiger charge is -2.23. The molecule has 12 heteroatoms. The molecule has 0 aliphatic heterocycles. The Morgan fingerprint density at radius 2 is 0.885 bits per heavy atom. The molecule has 12 nitrogen and oxygen atoms in total. The number of hydrogen-bond donors (Lipinski definition) is 0. The molecule has 0 aliphatic carbocycles. The van der Waals surface area contributed by atoms with E-state index in [9.17, 15) is 0 Å².